The molecule has 4 nitrogen and oxygen atoms in total. The van der Waals surface area contributed by atoms with Gasteiger partial charge in [0, 0.05) is 29.1 Å². The zero-order valence-electron chi connectivity index (χ0n) is 10.0. The van der Waals surface area contributed by atoms with Crippen LogP contribution in [0.1, 0.15) is 11.6 Å². The highest BCUT2D eigenvalue weighted by Crippen LogP contribution is 2.26. The number of hydrogen-bond donors (Lipinski definition) is 2. The molecule has 1 aliphatic rings. The SMILES string of the molecule is NCC(NN1CCOCC1)c1cc(Cl)ccc1Br. The maximum Gasteiger partial charge on any atom is 0.0608 e. The van der Waals surface area contributed by atoms with Gasteiger partial charge < -0.3 is 10.5 Å². The molecule has 0 bridgehead atoms. The normalized spacial score (nSPS) is 18.8. The summed E-state index contributed by atoms with van der Waals surface area (Å²) in [5.41, 5.74) is 10.4. The Morgan fingerprint density at radius 1 is 1.44 bits per heavy atom. The molecule has 3 N–H and O–H groups in total. The third-order valence-electron chi connectivity index (χ3n) is 2.92. The molecule has 1 aromatic carbocycles. The van der Waals surface area contributed by atoms with Gasteiger partial charge in [0.2, 0.25) is 0 Å². The zero-order chi connectivity index (χ0) is 13.0. The van der Waals surface area contributed by atoms with Crippen LogP contribution in [-0.2, 0) is 4.74 Å². The molecule has 0 aromatic heterocycles. The van der Waals surface area contributed by atoms with E-state index in [4.69, 9.17) is 22.1 Å². The summed E-state index contributed by atoms with van der Waals surface area (Å²) >= 11 is 9.58. The molecule has 1 aromatic rings. The number of ether oxygens (including phenoxy) is 1. The summed E-state index contributed by atoms with van der Waals surface area (Å²) in [6.45, 7) is 3.75. The third-order valence-corrected chi connectivity index (χ3v) is 3.88. The van der Waals surface area contributed by atoms with Crippen LogP contribution in [0.4, 0.5) is 0 Å². The van der Waals surface area contributed by atoms with Gasteiger partial charge in [-0.3, -0.25) is 0 Å². The van der Waals surface area contributed by atoms with Crippen LogP contribution in [0.15, 0.2) is 22.7 Å². The van der Waals surface area contributed by atoms with Gasteiger partial charge in [0.05, 0.1) is 19.3 Å². The molecule has 1 fully saturated rings. The fourth-order valence-corrected chi connectivity index (χ4v) is 2.65. The topological polar surface area (TPSA) is 50.5 Å². The monoisotopic (exact) mass is 333 g/mol. The van der Waals surface area contributed by atoms with Gasteiger partial charge in [0.15, 0.2) is 0 Å². The smallest absolute Gasteiger partial charge is 0.0608 e. The molecule has 2 rings (SSSR count). The second-order valence-corrected chi connectivity index (χ2v) is 5.47. The first-order chi connectivity index (χ1) is 8.70. The van der Waals surface area contributed by atoms with E-state index in [2.05, 4.69) is 26.4 Å². The minimum Gasteiger partial charge on any atom is -0.379 e. The van der Waals surface area contributed by atoms with Gasteiger partial charge in [0.1, 0.15) is 0 Å². The molecule has 1 saturated heterocycles. The van der Waals surface area contributed by atoms with E-state index in [9.17, 15) is 0 Å². The van der Waals surface area contributed by atoms with E-state index in [0.717, 1.165) is 41.4 Å². The van der Waals surface area contributed by atoms with E-state index in [1.165, 1.54) is 0 Å². The lowest BCUT2D eigenvalue weighted by molar-refractivity contribution is 0.00399. The minimum atomic E-state index is 0.0520. The Bertz CT molecular complexity index is 399. The Hall–Kier alpha value is -0.170. The lowest BCUT2D eigenvalue weighted by Gasteiger charge is -2.31. The van der Waals surface area contributed by atoms with E-state index in [-0.39, 0.29) is 6.04 Å². The number of halogens is 2. The molecule has 0 amide bonds. The maximum absolute atomic E-state index is 6.04. The summed E-state index contributed by atoms with van der Waals surface area (Å²) in [7, 11) is 0. The summed E-state index contributed by atoms with van der Waals surface area (Å²) < 4.78 is 6.34. The van der Waals surface area contributed by atoms with Gasteiger partial charge in [0.25, 0.3) is 0 Å². The fourth-order valence-electron chi connectivity index (χ4n) is 1.94. The van der Waals surface area contributed by atoms with Crippen molar-refractivity contribution in [3.8, 4) is 0 Å². The Morgan fingerprint density at radius 2 is 2.17 bits per heavy atom. The first kappa shape index (κ1) is 14.2. The van der Waals surface area contributed by atoms with E-state index in [1.807, 2.05) is 18.2 Å². The zero-order valence-corrected chi connectivity index (χ0v) is 12.4. The highest BCUT2D eigenvalue weighted by Gasteiger charge is 2.18. The largest absolute Gasteiger partial charge is 0.379 e. The molecule has 100 valence electrons. The number of nitrogens with one attached hydrogen (secondary N) is 1. The average Bonchev–Trinajstić information content (AvgIpc) is 2.40. The average molecular weight is 335 g/mol. The molecule has 0 radical (unpaired) electrons. The molecule has 0 aliphatic carbocycles. The van der Waals surface area contributed by atoms with Crippen LogP contribution in [0.3, 0.4) is 0 Å². The number of morpholine rings is 1. The first-order valence-electron chi connectivity index (χ1n) is 5.94. The molecule has 6 heteroatoms. The maximum atomic E-state index is 6.04. The number of nitrogens with zero attached hydrogens (tertiary/aromatic N) is 1. The van der Waals surface area contributed by atoms with E-state index in [0.29, 0.717) is 6.54 Å². The molecule has 1 heterocycles. The third kappa shape index (κ3) is 3.66. The molecular formula is C12H17BrClN3O. The van der Waals surface area contributed by atoms with Crippen molar-refractivity contribution in [2.45, 2.75) is 6.04 Å². The van der Waals surface area contributed by atoms with Gasteiger partial charge in [-0.1, -0.05) is 27.5 Å². The van der Waals surface area contributed by atoms with Crippen LogP contribution in [0.5, 0.6) is 0 Å². The first-order valence-corrected chi connectivity index (χ1v) is 7.11. The number of hydrogen-bond acceptors (Lipinski definition) is 4. The summed E-state index contributed by atoms with van der Waals surface area (Å²) in [6, 6.07) is 5.80. The van der Waals surface area contributed by atoms with E-state index >= 15 is 0 Å². The molecule has 0 spiro atoms. The minimum absolute atomic E-state index is 0.0520. The van der Waals surface area contributed by atoms with Crippen LogP contribution in [0, 0.1) is 0 Å². The van der Waals surface area contributed by atoms with Gasteiger partial charge in [-0.25, -0.2) is 10.4 Å². The molecule has 18 heavy (non-hydrogen) atoms. The van der Waals surface area contributed by atoms with E-state index < -0.39 is 0 Å². The van der Waals surface area contributed by atoms with Gasteiger partial charge in [-0.15, -0.1) is 0 Å². The lowest BCUT2D eigenvalue weighted by Crippen LogP contribution is -2.48. The molecular weight excluding hydrogens is 318 g/mol. The van der Waals surface area contributed by atoms with Crippen molar-refractivity contribution >= 4 is 27.5 Å². The van der Waals surface area contributed by atoms with Crippen LogP contribution in [0.2, 0.25) is 5.02 Å². The highest BCUT2D eigenvalue weighted by molar-refractivity contribution is 9.10. The number of nitrogens with two attached hydrogens (primary N) is 1. The standard InChI is InChI=1S/C12H17BrClN3O/c13-11-2-1-9(14)7-10(11)12(8-15)16-17-3-5-18-6-4-17/h1-2,7,12,16H,3-6,8,15H2. The Morgan fingerprint density at radius 3 is 2.83 bits per heavy atom. The molecule has 1 atom stereocenters. The summed E-state index contributed by atoms with van der Waals surface area (Å²) in [5.74, 6) is 0. The van der Waals surface area contributed by atoms with Crippen molar-refractivity contribution in [2.24, 2.45) is 5.73 Å². The lowest BCUT2D eigenvalue weighted by atomic mass is 10.1. The fraction of sp³-hybridized carbons (Fsp3) is 0.500. The number of rotatable bonds is 4. The quantitative estimate of drug-likeness (QED) is 0.883. The second-order valence-electron chi connectivity index (χ2n) is 4.18. The van der Waals surface area contributed by atoms with Crippen molar-refractivity contribution in [1.82, 2.24) is 10.4 Å². The van der Waals surface area contributed by atoms with Crippen LogP contribution in [-0.4, -0.2) is 37.9 Å². The predicted molar refractivity (Wildman–Crippen MR) is 76.5 cm³/mol. The summed E-state index contributed by atoms with van der Waals surface area (Å²) in [5, 5.41) is 2.87. The van der Waals surface area contributed by atoms with Gasteiger partial charge in [-0.2, -0.15) is 0 Å². The van der Waals surface area contributed by atoms with E-state index in [1.54, 1.807) is 0 Å². The molecule has 1 unspecified atom stereocenters. The Labute approximate surface area is 121 Å². The molecule has 0 saturated carbocycles. The van der Waals surface area contributed by atoms with Gasteiger partial charge in [-0.05, 0) is 23.8 Å². The van der Waals surface area contributed by atoms with Crippen LogP contribution >= 0.6 is 27.5 Å². The second kappa shape index (κ2) is 6.84. The van der Waals surface area contributed by atoms with Crippen molar-refractivity contribution in [2.75, 3.05) is 32.8 Å². The van der Waals surface area contributed by atoms with Gasteiger partial charge >= 0.3 is 0 Å². The van der Waals surface area contributed by atoms with Crippen molar-refractivity contribution in [3.63, 3.8) is 0 Å². The Balaban J connectivity index is 2.09. The van der Waals surface area contributed by atoms with Crippen LogP contribution < -0.4 is 11.2 Å². The summed E-state index contributed by atoms with van der Waals surface area (Å²) in [4.78, 5) is 0. The number of hydrazine groups is 1. The molecule has 1 aliphatic heterocycles. The van der Waals surface area contributed by atoms with Crippen molar-refractivity contribution < 1.29 is 4.74 Å². The predicted octanol–water partition coefficient (Wildman–Crippen LogP) is 1.94. The summed E-state index contributed by atoms with van der Waals surface area (Å²) in [6.07, 6.45) is 0. The Kier molecular flexibility index (Phi) is 5.41. The van der Waals surface area contributed by atoms with Crippen molar-refractivity contribution in [1.29, 1.82) is 0 Å². The highest BCUT2D eigenvalue weighted by atomic mass is 79.9. The van der Waals surface area contributed by atoms with Crippen LogP contribution in [0.25, 0.3) is 0 Å². The van der Waals surface area contributed by atoms with Crippen molar-refractivity contribution in [3.05, 3.63) is 33.3 Å². The number of benzene rings is 1.